The van der Waals surface area contributed by atoms with Gasteiger partial charge in [-0.3, -0.25) is 14.9 Å². The molecular weight excluding hydrogens is 555 g/mol. The van der Waals surface area contributed by atoms with E-state index in [1.807, 2.05) is 13.0 Å². The zero-order valence-electron chi connectivity index (χ0n) is 21.0. The Morgan fingerprint density at radius 1 is 1.07 bits per heavy atom. The molecule has 0 aliphatic rings. The van der Waals surface area contributed by atoms with Gasteiger partial charge in [-0.1, -0.05) is 11.6 Å². The molecule has 0 saturated carbocycles. The number of benzene rings is 3. The van der Waals surface area contributed by atoms with Crippen molar-refractivity contribution in [3.05, 3.63) is 86.4 Å². The fraction of sp³-hybridized carbons (Fsp3) is 0.185. The van der Waals surface area contributed by atoms with E-state index in [0.29, 0.717) is 30.2 Å². The number of carbonyl (C=O) groups is 1. The van der Waals surface area contributed by atoms with Crippen molar-refractivity contribution in [1.29, 1.82) is 5.26 Å². The lowest BCUT2D eigenvalue weighted by molar-refractivity contribution is -0.385. The summed E-state index contributed by atoms with van der Waals surface area (Å²) in [6, 6.07) is 12.8. The predicted molar refractivity (Wildman–Crippen MR) is 141 cm³/mol. The van der Waals surface area contributed by atoms with Gasteiger partial charge in [0.05, 0.1) is 28.7 Å². The Hall–Kier alpha value is -4.76. The molecule has 208 valence electrons. The van der Waals surface area contributed by atoms with Gasteiger partial charge in [-0.15, -0.1) is 0 Å². The minimum atomic E-state index is -4.80. The summed E-state index contributed by atoms with van der Waals surface area (Å²) in [4.78, 5) is 23.1. The van der Waals surface area contributed by atoms with Crippen LogP contribution < -0.4 is 19.5 Å². The molecule has 0 radical (unpaired) electrons. The molecule has 0 unspecified atom stereocenters. The van der Waals surface area contributed by atoms with Gasteiger partial charge in [-0.05, 0) is 74.0 Å². The van der Waals surface area contributed by atoms with E-state index >= 15 is 0 Å². The zero-order chi connectivity index (χ0) is 29.4. The summed E-state index contributed by atoms with van der Waals surface area (Å²) >= 11 is 6.35. The average Bonchev–Trinajstić information content (AvgIpc) is 2.90. The maximum absolute atomic E-state index is 13.1. The number of nitro benzene ring substituents is 1. The van der Waals surface area contributed by atoms with Gasteiger partial charge < -0.3 is 19.5 Å². The number of nitriles is 1. The third kappa shape index (κ3) is 7.42. The molecule has 0 aliphatic heterocycles. The van der Waals surface area contributed by atoms with E-state index in [1.165, 1.54) is 18.2 Å². The number of hydrogen-bond acceptors (Lipinski definition) is 7. The molecule has 3 aromatic rings. The summed E-state index contributed by atoms with van der Waals surface area (Å²) in [7, 11) is 0. The zero-order valence-corrected chi connectivity index (χ0v) is 21.8. The van der Waals surface area contributed by atoms with Gasteiger partial charge in [-0.2, -0.15) is 18.4 Å². The molecular formula is C27H21ClF3N3O6. The number of anilines is 1. The Balaban J connectivity index is 1.93. The van der Waals surface area contributed by atoms with E-state index in [1.54, 1.807) is 31.2 Å². The quantitative estimate of drug-likeness (QED) is 0.116. The number of halogens is 4. The first-order chi connectivity index (χ1) is 19.0. The maximum Gasteiger partial charge on any atom is 0.416 e. The summed E-state index contributed by atoms with van der Waals surface area (Å²) in [5, 5.41) is 23.5. The van der Waals surface area contributed by atoms with Gasteiger partial charge in [0.25, 0.3) is 5.91 Å². The van der Waals surface area contributed by atoms with Crippen LogP contribution in [0.4, 0.5) is 24.5 Å². The van der Waals surface area contributed by atoms with Crippen LogP contribution in [-0.2, 0) is 11.0 Å². The van der Waals surface area contributed by atoms with Crippen molar-refractivity contribution >= 4 is 35.0 Å². The highest BCUT2D eigenvalue weighted by molar-refractivity contribution is 6.32. The lowest BCUT2D eigenvalue weighted by Crippen LogP contribution is -2.13. The smallest absolute Gasteiger partial charge is 0.416 e. The number of alkyl halides is 3. The van der Waals surface area contributed by atoms with E-state index < -0.39 is 34.0 Å². The van der Waals surface area contributed by atoms with Crippen LogP contribution in [0.1, 0.15) is 25.0 Å². The van der Waals surface area contributed by atoms with E-state index in [2.05, 4.69) is 5.32 Å². The highest BCUT2D eigenvalue weighted by Gasteiger charge is 2.33. The molecule has 1 amide bonds. The first-order valence-corrected chi connectivity index (χ1v) is 12.0. The second kappa shape index (κ2) is 12.9. The van der Waals surface area contributed by atoms with Crippen molar-refractivity contribution in [2.75, 3.05) is 18.5 Å². The van der Waals surface area contributed by atoms with E-state index in [-0.39, 0.29) is 34.3 Å². The number of rotatable bonds is 10. The maximum atomic E-state index is 13.1. The van der Waals surface area contributed by atoms with Crippen molar-refractivity contribution < 1.29 is 37.1 Å². The van der Waals surface area contributed by atoms with Crippen molar-refractivity contribution in [2.24, 2.45) is 0 Å². The van der Waals surface area contributed by atoms with Crippen LogP contribution in [0, 0.1) is 21.4 Å². The number of nitrogens with zero attached hydrogens (tertiary/aromatic N) is 2. The van der Waals surface area contributed by atoms with Crippen molar-refractivity contribution in [3.63, 3.8) is 0 Å². The Bertz CT molecular complexity index is 1480. The molecule has 0 aromatic heterocycles. The molecule has 3 aromatic carbocycles. The fourth-order valence-electron chi connectivity index (χ4n) is 3.38. The van der Waals surface area contributed by atoms with Gasteiger partial charge in [0, 0.05) is 11.8 Å². The highest BCUT2D eigenvalue weighted by atomic mass is 35.5. The molecule has 40 heavy (non-hydrogen) atoms. The number of nitrogens with one attached hydrogen (secondary N) is 1. The van der Waals surface area contributed by atoms with Crippen LogP contribution in [-0.4, -0.2) is 24.0 Å². The lowest BCUT2D eigenvalue weighted by atomic mass is 10.1. The van der Waals surface area contributed by atoms with E-state index in [4.69, 9.17) is 25.8 Å². The molecule has 0 atom stereocenters. The fourth-order valence-corrected chi connectivity index (χ4v) is 3.64. The van der Waals surface area contributed by atoms with Gasteiger partial charge in [0.15, 0.2) is 11.5 Å². The number of carbonyl (C=O) groups excluding carboxylic acids is 1. The van der Waals surface area contributed by atoms with Crippen molar-refractivity contribution in [2.45, 2.75) is 20.0 Å². The largest absolute Gasteiger partial charge is 0.494 e. The van der Waals surface area contributed by atoms with Crippen LogP contribution in [0.5, 0.6) is 23.0 Å². The number of ether oxygens (including phenoxy) is 3. The molecule has 9 nitrogen and oxygen atoms in total. The van der Waals surface area contributed by atoms with E-state index in [9.17, 15) is 33.3 Å². The first kappa shape index (κ1) is 29.8. The molecule has 0 bridgehead atoms. The summed E-state index contributed by atoms with van der Waals surface area (Å²) in [6.07, 6.45) is -3.56. The Kier molecular flexibility index (Phi) is 9.58. The molecule has 0 saturated heterocycles. The van der Waals surface area contributed by atoms with Gasteiger partial charge in [0.2, 0.25) is 5.75 Å². The van der Waals surface area contributed by atoms with E-state index in [0.717, 1.165) is 6.07 Å². The van der Waals surface area contributed by atoms with Crippen LogP contribution in [0.25, 0.3) is 6.08 Å². The summed E-state index contributed by atoms with van der Waals surface area (Å²) in [5.74, 6) is -0.836. The van der Waals surface area contributed by atoms with Crippen LogP contribution in [0.15, 0.2) is 60.2 Å². The van der Waals surface area contributed by atoms with Crippen molar-refractivity contribution in [1.82, 2.24) is 0 Å². The van der Waals surface area contributed by atoms with Crippen LogP contribution >= 0.6 is 11.6 Å². The Morgan fingerprint density at radius 3 is 2.33 bits per heavy atom. The second-order valence-corrected chi connectivity index (χ2v) is 8.29. The van der Waals surface area contributed by atoms with Gasteiger partial charge in [0.1, 0.15) is 17.4 Å². The third-order valence-electron chi connectivity index (χ3n) is 5.13. The average molecular weight is 576 g/mol. The first-order valence-electron chi connectivity index (χ1n) is 11.6. The standard InChI is InChI=1S/C27H21ClF3N3O6/c1-3-38-20-8-6-19(7-9-20)33-26(35)17(15-32)11-16-12-21(28)25(24(13-16)39-4-2)40-23-10-5-18(27(29,30)31)14-22(23)34(36)37/h5-14H,3-4H2,1-2H3,(H,33,35)/b17-11+. The van der Waals surface area contributed by atoms with Gasteiger partial charge in [-0.25, -0.2) is 0 Å². The molecule has 1 N–H and O–H groups in total. The molecule has 3 rings (SSSR count). The minimum absolute atomic E-state index is 0.0281. The Morgan fingerprint density at radius 2 is 1.75 bits per heavy atom. The lowest BCUT2D eigenvalue weighted by Gasteiger charge is -2.15. The predicted octanol–water partition coefficient (Wildman–Crippen LogP) is 7.40. The summed E-state index contributed by atoms with van der Waals surface area (Å²) in [5.41, 5.74) is -1.77. The highest BCUT2D eigenvalue weighted by Crippen LogP contribution is 2.44. The Labute approximate surface area is 231 Å². The van der Waals surface area contributed by atoms with Crippen LogP contribution in [0.2, 0.25) is 5.02 Å². The van der Waals surface area contributed by atoms with Gasteiger partial charge >= 0.3 is 11.9 Å². The monoisotopic (exact) mass is 575 g/mol. The summed E-state index contributed by atoms with van der Waals surface area (Å²) < 4.78 is 55.6. The molecule has 0 fully saturated rings. The molecule has 0 heterocycles. The minimum Gasteiger partial charge on any atom is -0.494 e. The normalized spacial score (nSPS) is 11.4. The number of amides is 1. The molecule has 13 heteroatoms. The SMILES string of the molecule is CCOc1ccc(NC(=O)/C(C#N)=C/c2cc(Cl)c(Oc3ccc(C(F)(F)F)cc3[N+](=O)[O-])c(OCC)c2)cc1. The van der Waals surface area contributed by atoms with Crippen LogP contribution in [0.3, 0.4) is 0 Å². The number of nitro groups is 1. The molecule has 0 aliphatic carbocycles. The summed E-state index contributed by atoms with van der Waals surface area (Å²) in [6.45, 7) is 4.04. The topological polar surface area (TPSA) is 124 Å². The third-order valence-corrected chi connectivity index (χ3v) is 5.41. The molecule has 0 spiro atoms. The van der Waals surface area contributed by atoms with Crippen molar-refractivity contribution in [3.8, 4) is 29.1 Å². The second-order valence-electron chi connectivity index (χ2n) is 7.88. The number of hydrogen-bond donors (Lipinski definition) is 1.